The number of amides is 4. The molecule has 45 heavy (non-hydrogen) atoms. The van der Waals surface area contributed by atoms with E-state index in [1.54, 1.807) is 35.0 Å². The number of aromatic nitrogens is 2. The molecule has 1 saturated heterocycles. The highest BCUT2D eigenvalue weighted by Crippen LogP contribution is 2.36. The summed E-state index contributed by atoms with van der Waals surface area (Å²) >= 11 is 0. The lowest BCUT2D eigenvalue weighted by Crippen LogP contribution is -2.60. The van der Waals surface area contributed by atoms with Gasteiger partial charge in [-0.15, -0.1) is 0 Å². The first-order chi connectivity index (χ1) is 21.6. The van der Waals surface area contributed by atoms with Gasteiger partial charge in [-0.3, -0.25) is 24.0 Å². The van der Waals surface area contributed by atoms with E-state index in [-0.39, 0.29) is 61.8 Å². The van der Waals surface area contributed by atoms with E-state index in [0.29, 0.717) is 48.2 Å². The fraction of sp³-hybridized carbons (Fsp3) is 0.471. The number of nitrogens with one attached hydrogen (secondary N) is 2. The fourth-order valence-corrected chi connectivity index (χ4v) is 6.29. The monoisotopic (exact) mass is 614 g/mol. The Kier molecular flexibility index (Phi) is 9.65. The lowest BCUT2D eigenvalue weighted by Gasteiger charge is -2.39. The van der Waals surface area contributed by atoms with Crippen molar-refractivity contribution in [3.8, 4) is 0 Å². The summed E-state index contributed by atoms with van der Waals surface area (Å²) in [5.74, 6) is -0.814. The van der Waals surface area contributed by atoms with Gasteiger partial charge in [0.2, 0.25) is 11.8 Å². The second kappa shape index (κ2) is 13.6. The quantitative estimate of drug-likeness (QED) is 0.464. The first-order valence-electron chi connectivity index (χ1n) is 15.8. The van der Waals surface area contributed by atoms with E-state index in [1.165, 1.54) is 10.9 Å². The zero-order valence-electron chi connectivity index (χ0n) is 26.3. The third-order valence-corrected chi connectivity index (χ3v) is 8.82. The van der Waals surface area contributed by atoms with Crippen molar-refractivity contribution in [1.82, 2.24) is 30.0 Å². The van der Waals surface area contributed by atoms with Crippen LogP contribution in [0.3, 0.4) is 0 Å². The van der Waals surface area contributed by atoms with Crippen LogP contribution >= 0.6 is 0 Å². The summed E-state index contributed by atoms with van der Waals surface area (Å²) in [6.07, 6.45) is 4.65. The molecule has 0 bridgehead atoms. The number of rotatable bonds is 4. The van der Waals surface area contributed by atoms with Crippen molar-refractivity contribution in [1.29, 1.82) is 0 Å². The molecule has 1 fully saturated rings. The minimum Gasteiger partial charge on any atom is -0.352 e. The van der Waals surface area contributed by atoms with Crippen molar-refractivity contribution in [3.63, 3.8) is 0 Å². The van der Waals surface area contributed by atoms with E-state index in [2.05, 4.69) is 29.5 Å². The van der Waals surface area contributed by atoms with Gasteiger partial charge in [0.05, 0.1) is 23.8 Å². The Morgan fingerprint density at radius 2 is 1.82 bits per heavy atom. The molecular weight excluding hydrogens is 572 g/mol. The van der Waals surface area contributed by atoms with Gasteiger partial charge in [0, 0.05) is 45.2 Å². The maximum Gasteiger partial charge on any atom is 0.260 e. The van der Waals surface area contributed by atoms with Gasteiger partial charge in [0.25, 0.3) is 17.4 Å². The van der Waals surface area contributed by atoms with Crippen LogP contribution in [0.1, 0.15) is 67.4 Å². The van der Waals surface area contributed by atoms with Crippen LogP contribution in [0.15, 0.2) is 53.6 Å². The molecule has 4 amide bonds. The SMILES string of the molecule is CC(C)CCN1CC(=O)NC2(CCCc3ccccc32)C(=O)NCCN(C(=O)c2ccc3c(=O)n(C)cnc3c2)CCCC1=O. The Balaban J connectivity index is 1.45. The van der Waals surface area contributed by atoms with Crippen molar-refractivity contribution < 1.29 is 19.2 Å². The highest BCUT2D eigenvalue weighted by atomic mass is 16.2. The molecule has 0 saturated carbocycles. The predicted octanol–water partition coefficient (Wildman–Crippen LogP) is 2.51. The summed E-state index contributed by atoms with van der Waals surface area (Å²) in [7, 11) is 1.62. The number of aryl methyl sites for hydroxylation is 2. The average molecular weight is 615 g/mol. The summed E-state index contributed by atoms with van der Waals surface area (Å²) in [6.45, 7) is 5.05. The van der Waals surface area contributed by atoms with Gasteiger partial charge in [-0.25, -0.2) is 4.98 Å². The number of fused-ring (bicyclic) bond motifs is 3. The summed E-state index contributed by atoms with van der Waals surface area (Å²) in [6, 6.07) is 12.5. The smallest absolute Gasteiger partial charge is 0.260 e. The van der Waals surface area contributed by atoms with E-state index in [9.17, 15) is 24.0 Å². The molecule has 1 unspecified atom stereocenters. The van der Waals surface area contributed by atoms with E-state index in [0.717, 1.165) is 24.0 Å². The van der Waals surface area contributed by atoms with E-state index in [1.807, 2.05) is 24.3 Å². The molecule has 2 N–H and O–H groups in total. The van der Waals surface area contributed by atoms with Crippen molar-refractivity contribution >= 4 is 34.5 Å². The number of carbonyl (C=O) groups is 4. The van der Waals surface area contributed by atoms with Crippen molar-refractivity contribution in [2.75, 3.05) is 32.7 Å². The third kappa shape index (κ3) is 6.92. The summed E-state index contributed by atoms with van der Waals surface area (Å²) in [4.78, 5) is 74.8. The van der Waals surface area contributed by atoms with Crippen LogP contribution in [0.25, 0.3) is 10.9 Å². The van der Waals surface area contributed by atoms with Crippen molar-refractivity contribution in [2.24, 2.45) is 13.0 Å². The lowest BCUT2D eigenvalue weighted by atomic mass is 9.75. The normalized spacial score (nSPS) is 20.1. The minimum atomic E-state index is -1.28. The van der Waals surface area contributed by atoms with Gasteiger partial charge >= 0.3 is 0 Å². The first kappa shape index (κ1) is 31.9. The van der Waals surface area contributed by atoms with Gasteiger partial charge in [0.15, 0.2) is 0 Å². The van der Waals surface area contributed by atoms with Gasteiger partial charge in [-0.05, 0) is 67.3 Å². The Morgan fingerprint density at radius 1 is 1.02 bits per heavy atom. The highest BCUT2D eigenvalue weighted by molar-refractivity contribution is 5.98. The molecule has 1 atom stereocenters. The van der Waals surface area contributed by atoms with Crippen molar-refractivity contribution in [2.45, 2.75) is 57.9 Å². The van der Waals surface area contributed by atoms with E-state index >= 15 is 0 Å². The van der Waals surface area contributed by atoms with E-state index in [4.69, 9.17) is 0 Å². The molecule has 1 aliphatic carbocycles. The molecule has 3 aromatic rings. The van der Waals surface area contributed by atoms with Crippen molar-refractivity contribution in [3.05, 3.63) is 75.8 Å². The molecule has 2 aromatic carbocycles. The maximum absolute atomic E-state index is 14.0. The van der Waals surface area contributed by atoms with Crippen LogP contribution in [0, 0.1) is 5.92 Å². The zero-order valence-corrected chi connectivity index (χ0v) is 26.3. The molecule has 2 heterocycles. The second-order valence-corrected chi connectivity index (χ2v) is 12.5. The minimum absolute atomic E-state index is 0.144. The number of carbonyl (C=O) groups excluding carboxylic acids is 4. The fourth-order valence-electron chi connectivity index (χ4n) is 6.29. The van der Waals surface area contributed by atoms with Crippen LogP contribution in [-0.4, -0.2) is 75.7 Å². The molecular formula is C34H42N6O5. The molecule has 5 rings (SSSR count). The van der Waals surface area contributed by atoms with Crippen LogP contribution in [0.4, 0.5) is 0 Å². The molecule has 11 nitrogen and oxygen atoms in total. The van der Waals surface area contributed by atoms with Gasteiger partial charge in [-0.1, -0.05) is 38.1 Å². The van der Waals surface area contributed by atoms with Gasteiger partial charge < -0.3 is 25.0 Å². The standard InChI is InChI=1S/C34H42N6O5/c1-23(2)14-18-40-21-29(41)37-34(15-6-9-24-8-4-5-10-27(24)34)33(45)35-16-19-39(17-7-11-30(40)42)31(43)25-12-13-26-28(20-25)36-22-38(3)32(26)44/h4-5,8,10,12-13,20,22-23H,6-7,9,11,14-19,21H2,1-3H3,(H,35,45)(H,37,41). The molecule has 2 aliphatic rings. The third-order valence-electron chi connectivity index (χ3n) is 8.82. The number of benzene rings is 2. The van der Waals surface area contributed by atoms with Crippen LogP contribution in [0.5, 0.6) is 0 Å². The van der Waals surface area contributed by atoms with Gasteiger partial charge in [0.1, 0.15) is 5.54 Å². The largest absolute Gasteiger partial charge is 0.352 e. The Hall–Kier alpha value is -4.54. The Labute approximate surface area is 263 Å². The first-order valence-corrected chi connectivity index (χ1v) is 15.8. The molecule has 1 aliphatic heterocycles. The topological polar surface area (TPSA) is 134 Å². The molecule has 11 heteroatoms. The van der Waals surface area contributed by atoms with Crippen LogP contribution < -0.4 is 16.2 Å². The number of hydrogen-bond acceptors (Lipinski definition) is 6. The zero-order chi connectivity index (χ0) is 32.1. The number of hydrogen-bond donors (Lipinski definition) is 2. The lowest BCUT2D eigenvalue weighted by molar-refractivity contribution is -0.139. The molecule has 0 radical (unpaired) electrons. The maximum atomic E-state index is 14.0. The molecule has 1 spiro atoms. The summed E-state index contributed by atoms with van der Waals surface area (Å²) in [5.41, 5.74) is 1.07. The van der Waals surface area contributed by atoms with Crippen LogP contribution in [-0.2, 0) is 33.4 Å². The Bertz CT molecular complexity index is 1670. The molecule has 238 valence electrons. The average Bonchev–Trinajstić information content (AvgIpc) is 3.03. The highest BCUT2D eigenvalue weighted by Gasteiger charge is 2.44. The van der Waals surface area contributed by atoms with Crippen LogP contribution in [0.2, 0.25) is 0 Å². The van der Waals surface area contributed by atoms with E-state index < -0.39 is 5.54 Å². The van der Waals surface area contributed by atoms with Gasteiger partial charge in [-0.2, -0.15) is 0 Å². The number of nitrogens with zero attached hydrogens (tertiary/aromatic N) is 4. The second-order valence-electron chi connectivity index (χ2n) is 12.5. The summed E-state index contributed by atoms with van der Waals surface area (Å²) < 4.78 is 1.38. The predicted molar refractivity (Wildman–Crippen MR) is 170 cm³/mol. The summed E-state index contributed by atoms with van der Waals surface area (Å²) in [5, 5.41) is 6.48. The Morgan fingerprint density at radius 3 is 2.62 bits per heavy atom. The molecule has 1 aromatic heterocycles.